The summed E-state index contributed by atoms with van der Waals surface area (Å²) in [6.07, 6.45) is 4.73. The van der Waals surface area contributed by atoms with Crippen molar-refractivity contribution in [3.63, 3.8) is 0 Å². The van der Waals surface area contributed by atoms with Gasteiger partial charge >= 0.3 is 5.69 Å². The predicted octanol–water partition coefficient (Wildman–Crippen LogP) is -0.514. The van der Waals surface area contributed by atoms with E-state index in [2.05, 4.69) is 10.1 Å². The molecule has 6 heteroatoms. The molecule has 0 radical (unpaired) electrons. The van der Waals surface area contributed by atoms with E-state index in [9.17, 15) is 4.79 Å². The maximum absolute atomic E-state index is 11.8. The Bertz CT molecular complexity index is 514. The highest BCUT2D eigenvalue weighted by Crippen LogP contribution is 1.97. The van der Waals surface area contributed by atoms with Gasteiger partial charge in [-0.2, -0.15) is 0 Å². The molecule has 80 valence electrons. The highest BCUT2D eigenvalue weighted by molar-refractivity contribution is 5.31. The molecule has 0 spiro atoms. The van der Waals surface area contributed by atoms with Gasteiger partial charge in [-0.25, -0.2) is 13.9 Å². The average molecular weight is 207 g/mol. The summed E-state index contributed by atoms with van der Waals surface area (Å²) >= 11 is 0. The molecule has 0 aliphatic carbocycles. The second kappa shape index (κ2) is 3.82. The maximum atomic E-state index is 11.8. The van der Waals surface area contributed by atoms with E-state index in [-0.39, 0.29) is 11.6 Å². The van der Waals surface area contributed by atoms with Crippen molar-refractivity contribution in [1.29, 1.82) is 0 Å². The van der Waals surface area contributed by atoms with E-state index < -0.39 is 0 Å². The van der Waals surface area contributed by atoms with E-state index in [4.69, 9.17) is 5.73 Å². The third-order valence-electron chi connectivity index (χ3n) is 2.28. The highest BCUT2D eigenvalue weighted by Gasteiger charge is 2.08. The Hall–Kier alpha value is -1.69. The summed E-state index contributed by atoms with van der Waals surface area (Å²) < 4.78 is 2.89. The lowest BCUT2D eigenvalue weighted by Crippen LogP contribution is -2.26. The smallest absolute Gasteiger partial charge is 0.330 e. The van der Waals surface area contributed by atoms with Crippen molar-refractivity contribution >= 4 is 5.65 Å². The van der Waals surface area contributed by atoms with E-state index in [1.807, 2.05) is 6.92 Å². The third kappa shape index (κ3) is 1.75. The third-order valence-corrected chi connectivity index (χ3v) is 2.28. The Morgan fingerprint density at radius 3 is 3.07 bits per heavy atom. The van der Waals surface area contributed by atoms with Crippen LogP contribution >= 0.6 is 0 Å². The number of aromatic nitrogens is 4. The minimum absolute atomic E-state index is 0.146. The van der Waals surface area contributed by atoms with Gasteiger partial charge in [-0.15, -0.1) is 5.10 Å². The van der Waals surface area contributed by atoms with Gasteiger partial charge in [0, 0.05) is 12.4 Å². The van der Waals surface area contributed by atoms with Gasteiger partial charge in [0.1, 0.15) is 0 Å². The minimum atomic E-state index is -0.146. The molecule has 15 heavy (non-hydrogen) atoms. The molecule has 0 saturated carbocycles. The molecular formula is C9H13N5O. The number of nitrogens with zero attached hydrogens (tertiary/aromatic N) is 4. The van der Waals surface area contributed by atoms with Crippen LogP contribution in [-0.4, -0.2) is 25.7 Å². The zero-order valence-corrected chi connectivity index (χ0v) is 8.50. The van der Waals surface area contributed by atoms with Gasteiger partial charge < -0.3 is 5.73 Å². The number of rotatable bonds is 3. The van der Waals surface area contributed by atoms with Gasteiger partial charge in [0.05, 0.1) is 12.7 Å². The van der Waals surface area contributed by atoms with Crippen LogP contribution in [0.5, 0.6) is 0 Å². The van der Waals surface area contributed by atoms with Crippen LogP contribution in [-0.2, 0) is 6.54 Å². The van der Waals surface area contributed by atoms with Gasteiger partial charge in [-0.05, 0) is 12.5 Å². The quantitative estimate of drug-likeness (QED) is 0.735. The minimum Gasteiger partial charge on any atom is -0.330 e. The molecule has 0 amide bonds. The van der Waals surface area contributed by atoms with Crippen molar-refractivity contribution in [3.05, 3.63) is 29.1 Å². The molecule has 1 atom stereocenters. The van der Waals surface area contributed by atoms with Gasteiger partial charge in [0.25, 0.3) is 0 Å². The number of fused-ring (bicyclic) bond motifs is 1. The average Bonchev–Trinajstić information content (AvgIpc) is 2.57. The first kappa shape index (κ1) is 9.85. The van der Waals surface area contributed by atoms with Crippen LogP contribution in [0.3, 0.4) is 0 Å². The van der Waals surface area contributed by atoms with Crippen molar-refractivity contribution in [3.8, 4) is 0 Å². The van der Waals surface area contributed by atoms with Crippen molar-refractivity contribution in [2.24, 2.45) is 11.7 Å². The number of hydrogen-bond donors (Lipinski definition) is 1. The molecule has 1 unspecified atom stereocenters. The predicted molar refractivity (Wildman–Crippen MR) is 55.5 cm³/mol. The lowest BCUT2D eigenvalue weighted by molar-refractivity contribution is 0.448. The topological polar surface area (TPSA) is 78.2 Å². The van der Waals surface area contributed by atoms with Gasteiger partial charge in [-0.1, -0.05) is 6.92 Å². The van der Waals surface area contributed by atoms with Crippen molar-refractivity contribution in [2.45, 2.75) is 13.5 Å². The summed E-state index contributed by atoms with van der Waals surface area (Å²) in [7, 11) is 0. The molecule has 2 aromatic heterocycles. The Morgan fingerprint density at radius 2 is 2.40 bits per heavy atom. The Kier molecular flexibility index (Phi) is 2.51. The molecule has 0 saturated heterocycles. The number of hydrogen-bond acceptors (Lipinski definition) is 4. The maximum Gasteiger partial charge on any atom is 0.350 e. The normalized spacial score (nSPS) is 13.2. The first-order valence-corrected chi connectivity index (χ1v) is 4.81. The van der Waals surface area contributed by atoms with Crippen molar-refractivity contribution in [1.82, 2.24) is 19.2 Å². The monoisotopic (exact) mass is 207 g/mol. The molecule has 6 nitrogen and oxygen atoms in total. The largest absolute Gasteiger partial charge is 0.350 e. The van der Waals surface area contributed by atoms with Crippen molar-refractivity contribution < 1.29 is 0 Å². The Morgan fingerprint density at radius 1 is 1.60 bits per heavy atom. The molecule has 2 rings (SSSR count). The second-order valence-electron chi connectivity index (χ2n) is 3.61. The Labute approximate surface area is 86.3 Å². The van der Waals surface area contributed by atoms with Crippen LogP contribution < -0.4 is 11.4 Å². The number of nitrogens with two attached hydrogens (primary N) is 1. The molecule has 0 aliphatic heterocycles. The highest BCUT2D eigenvalue weighted by atomic mass is 16.2. The molecule has 0 aromatic carbocycles. The summed E-state index contributed by atoms with van der Waals surface area (Å²) in [5.74, 6) is 0.237. The first-order valence-electron chi connectivity index (χ1n) is 4.81. The van der Waals surface area contributed by atoms with E-state index in [1.165, 1.54) is 9.08 Å². The fourth-order valence-corrected chi connectivity index (χ4v) is 1.37. The fraction of sp³-hybridized carbons (Fsp3) is 0.444. The summed E-state index contributed by atoms with van der Waals surface area (Å²) in [6, 6.07) is 0. The zero-order chi connectivity index (χ0) is 10.8. The van der Waals surface area contributed by atoms with Gasteiger partial charge in [0.15, 0.2) is 5.65 Å². The van der Waals surface area contributed by atoms with E-state index in [0.717, 1.165) is 0 Å². The van der Waals surface area contributed by atoms with Gasteiger partial charge in [-0.3, -0.25) is 4.98 Å². The molecule has 2 aromatic rings. The van der Waals surface area contributed by atoms with Crippen LogP contribution in [0.1, 0.15) is 6.92 Å². The molecule has 2 heterocycles. The van der Waals surface area contributed by atoms with Crippen LogP contribution in [0.25, 0.3) is 5.65 Å². The lowest BCUT2D eigenvalue weighted by atomic mass is 10.2. The molecule has 0 fully saturated rings. The van der Waals surface area contributed by atoms with E-state index in [0.29, 0.717) is 18.7 Å². The molecule has 0 aliphatic rings. The van der Waals surface area contributed by atoms with Crippen LogP contribution in [0.15, 0.2) is 23.4 Å². The van der Waals surface area contributed by atoms with Crippen LogP contribution in [0, 0.1) is 5.92 Å². The molecule has 0 bridgehead atoms. The summed E-state index contributed by atoms with van der Waals surface area (Å²) in [5, 5.41) is 4.15. The first-order chi connectivity index (χ1) is 7.22. The SMILES string of the molecule is CC(CN)Cn1nc2cnccn2c1=O. The summed E-state index contributed by atoms with van der Waals surface area (Å²) in [6.45, 7) is 3.06. The van der Waals surface area contributed by atoms with E-state index >= 15 is 0 Å². The van der Waals surface area contributed by atoms with E-state index in [1.54, 1.807) is 18.6 Å². The molecule has 2 N–H and O–H groups in total. The zero-order valence-electron chi connectivity index (χ0n) is 8.50. The molecular weight excluding hydrogens is 194 g/mol. The van der Waals surface area contributed by atoms with Gasteiger partial charge in [0.2, 0.25) is 0 Å². The van der Waals surface area contributed by atoms with Crippen molar-refractivity contribution in [2.75, 3.05) is 6.54 Å². The second-order valence-corrected chi connectivity index (χ2v) is 3.61. The lowest BCUT2D eigenvalue weighted by Gasteiger charge is -2.05. The van der Waals surface area contributed by atoms with Crippen LogP contribution in [0.4, 0.5) is 0 Å². The summed E-state index contributed by atoms with van der Waals surface area (Å²) in [4.78, 5) is 15.7. The fourth-order valence-electron chi connectivity index (χ4n) is 1.37. The van der Waals surface area contributed by atoms with Crippen LogP contribution in [0.2, 0.25) is 0 Å². The Balaban J connectivity index is 2.45. The summed E-state index contributed by atoms with van der Waals surface area (Å²) in [5.41, 5.74) is 5.92. The standard InChI is InChI=1S/C9H13N5O/c1-7(4-10)6-14-9(15)13-3-2-11-5-8(13)12-14/h2-3,5,7H,4,6,10H2,1H3.